The average molecular weight is 460 g/mol. The van der Waals surface area contributed by atoms with Crippen molar-refractivity contribution in [3.8, 4) is 0 Å². The molecule has 2 aromatic carbocycles. The van der Waals surface area contributed by atoms with Crippen LogP contribution in [0.5, 0.6) is 0 Å². The van der Waals surface area contributed by atoms with Crippen molar-refractivity contribution in [3.05, 3.63) is 62.7 Å². The number of nitrogens with one attached hydrogen (secondary N) is 2. The zero-order valence-corrected chi connectivity index (χ0v) is 17.0. The lowest BCUT2D eigenvalue weighted by molar-refractivity contribution is -0.384. The number of hydrogen-bond acceptors (Lipinski definition) is 6. The van der Waals surface area contributed by atoms with E-state index in [0.717, 1.165) is 18.2 Å². The number of nitro groups is 1. The third-order valence-corrected chi connectivity index (χ3v) is 4.33. The van der Waals surface area contributed by atoms with Crippen LogP contribution in [0, 0.1) is 10.1 Å². The molecule has 12 heteroatoms. The molecule has 31 heavy (non-hydrogen) atoms. The van der Waals surface area contributed by atoms with Crippen LogP contribution in [0.15, 0.2) is 36.4 Å². The Morgan fingerprint density at radius 3 is 2.45 bits per heavy atom. The van der Waals surface area contributed by atoms with Gasteiger partial charge >= 0.3 is 12.1 Å². The number of carbonyl (C=O) groups is 2. The smallest absolute Gasteiger partial charge is 0.416 e. The Kier molecular flexibility index (Phi) is 7.45. The molecule has 8 nitrogen and oxygen atoms in total. The number of hydrogen-bond donors (Lipinski definition) is 2. The summed E-state index contributed by atoms with van der Waals surface area (Å²) < 4.78 is 43.5. The van der Waals surface area contributed by atoms with Gasteiger partial charge in [0.25, 0.3) is 11.6 Å². The number of nitro benzene ring substituents is 1. The Balaban J connectivity index is 2.14. The van der Waals surface area contributed by atoms with E-state index >= 15 is 0 Å². The summed E-state index contributed by atoms with van der Waals surface area (Å²) in [5.74, 6) is -1.96. The molecule has 0 aromatic heterocycles. The van der Waals surface area contributed by atoms with Crippen molar-refractivity contribution in [2.45, 2.75) is 26.1 Å². The topological polar surface area (TPSA) is 111 Å². The SMILES string of the molecule is CCNc1ccc(C(=O)O[C@@H](C)C(=O)Nc2cc(C(F)(F)F)ccc2Cl)cc1[N+](=O)[O-]. The zero-order chi connectivity index (χ0) is 23.3. The van der Waals surface area contributed by atoms with Gasteiger partial charge in [-0.2, -0.15) is 13.2 Å². The molecule has 166 valence electrons. The van der Waals surface area contributed by atoms with Gasteiger partial charge in [0.15, 0.2) is 6.10 Å². The maximum atomic E-state index is 12.8. The molecule has 1 amide bonds. The Bertz CT molecular complexity index is 1010. The van der Waals surface area contributed by atoms with Crippen LogP contribution in [0.4, 0.5) is 30.2 Å². The summed E-state index contributed by atoms with van der Waals surface area (Å²) in [6, 6.07) is 5.98. The predicted octanol–water partition coefficient (Wildman–Crippen LogP) is 4.88. The van der Waals surface area contributed by atoms with Gasteiger partial charge < -0.3 is 15.4 Å². The number of esters is 1. The van der Waals surface area contributed by atoms with Gasteiger partial charge in [-0.3, -0.25) is 14.9 Å². The summed E-state index contributed by atoms with van der Waals surface area (Å²) in [5, 5.41) is 16.0. The minimum absolute atomic E-state index is 0.144. The highest BCUT2D eigenvalue weighted by Crippen LogP contribution is 2.34. The van der Waals surface area contributed by atoms with Crippen LogP contribution >= 0.6 is 11.6 Å². The first-order valence-corrected chi connectivity index (χ1v) is 9.22. The molecule has 1 atom stereocenters. The molecule has 0 aliphatic carbocycles. The average Bonchev–Trinajstić information content (AvgIpc) is 2.68. The number of amides is 1. The molecule has 0 saturated heterocycles. The van der Waals surface area contributed by atoms with E-state index in [2.05, 4.69) is 10.6 Å². The van der Waals surface area contributed by atoms with Gasteiger partial charge in [-0.1, -0.05) is 11.6 Å². The molecule has 2 rings (SSSR count). The molecule has 0 heterocycles. The van der Waals surface area contributed by atoms with Gasteiger partial charge in [-0.25, -0.2) is 4.79 Å². The first-order valence-electron chi connectivity index (χ1n) is 8.85. The minimum Gasteiger partial charge on any atom is -0.449 e. The van der Waals surface area contributed by atoms with Crippen molar-refractivity contribution in [2.75, 3.05) is 17.2 Å². The van der Waals surface area contributed by atoms with Crippen LogP contribution in [0.3, 0.4) is 0 Å². The lowest BCUT2D eigenvalue weighted by Crippen LogP contribution is -2.30. The Morgan fingerprint density at radius 2 is 1.87 bits per heavy atom. The van der Waals surface area contributed by atoms with E-state index in [4.69, 9.17) is 16.3 Å². The van der Waals surface area contributed by atoms with Crippen molar-refractivity contribution in [3.63, 3.8) is 0 Å². The summed E-state index contributed by atoms with van der Waals surface area (Å²) in [5.41, 5.74) is -1.66. The Morgan fingerprint density at radius 1 is 1.19 bits per heavy atom. The van der Waals surface area contributed by atoms with E-state index in [1.165, 1.54) is 19.1 Å². The summed E-state index contributed by atoms with van der Waals surface area (Å²) in [4.78, 5) is 35.1. The van der Waals surface area contributed by atoms with Gasteiger partial charge in [-0.05, 0) is 44.2 Å². The molecule has 2 aromatic rings. The summed E-state index contributed by atoms with van der Waals surface area (Å²) in [6.07, 6.45) is -6.07. The number of nitrogens with zero attached hydrogens (tertiary/aromatic N) is 1. The van der Waals surface area contributed by atoms with Crippen LogP contribution in [0.1, 0.15) is 29.8 Å². The monoisotopic (exact) mass is 459 g/mol. The molecule has 2 N–H and O–H groups in total. The normalized spacial score (nSPS) is 12.1. The molecular weight excluding hydrogens is 443 g/mol. The fourth-order valence-electron chi connectivity index (χ4n) is 2.46. The summed E-state index contributed by atoms with van der Waals surface area (Å²) in [7, 11) is 0. The number of ether oxygens (including phenoxy) is 1. The van der Waals surface area contributed by atoms with E-state index in [0.29, 0.717) is 12.6 Å². The predicted molar refractivity (Wildman–Crippen MR) is 107 cm³/mol. The largest absolute Gasteiger partial charge is 0.449 e. The quantitative estimate of drug-likeness (QED) is 0.347. The first kappa shape index (κ1) is 23.9. The Hall–Kier alpha value is -3.34. The second-order valence-electron chi connectivity index (χ2n) is 6.25. The molecule has 0 fully saturated rings. The number of anilines is 2. The number of rotatable bonds is 7. The number of benzene rings is 2. The van der Waals surface area contributed by atoms with Gasteiger partial charge in [0.1, 0.15) is 5.69 Å². The van der Waals surface area contributed by atoms with Crippen LogP contribution in [-0.4, -0.2) is 29.4 Å². The van der Waals surface area contributed by atoms with E-state index in [-0.39, 0.29) is 27.6 Å². The number of alkyl halides is 3. The molecule has 0 saturated carbocycles. The van der Waals surface area contributed by atoms with E-state index in [1.807, 2.05) is 0 Å². The van der Waals surface area contributed by atoms with Crippen molar-refractivity contribution in [1.82, 2.24) is 0 Å². The second-order valence-corrected chi connectivity index (χ2v) is 6.66. The highest BCUT2D eigenvalue weighted by Gasteiger charge is 2.31. The fraction of sp³-hybridized carbons (Fsp3) is 0.263. The van der Waals surface area contributed by atoms with Crippen LogP contribution in [0.2, 0.25) is 5.02 Å². The molecular formula is C19H17ClF3N3O5. The number of carbonyl (C=O) groups excluding carboxylic acids is 2. The van der Waals surface area contributed by atoms with E-state index in [1.54, 1.807) is 6.92 Å². The van der Waals surface area contributed by atoms with Gasteiger partial charge in [0, 0.05) is 12.6 Å². The second kappa shape index (κ2) is 9.65. The Labute approximate surface area is 179 Å². The van der Waals surface area contributed by atoms with Gasteiger partial charge in [0.2, 0.25) is 0 Å². The van der Waals surface area contributed by atoms with Gasteiger partial charge in [-0.15, -0.1) is 0 Å². The lowest BCUT2D eigenvalue weighted by Gasteiger charge is -2.16. The van der Waals surface area contributed by atoms with Crippen LogP contribution in [0.25, 0.3) is 0 Å². The highest BCUT2D eigenvalue weighted by molar-refractivity contribution is 6.33. The van der Waals surface area contributed by atoms with Crippen molar-refractivity contribution >= 4 is 40.5 Å². The third kappa shape index (κ3) is 6.07. The van der Waals surface area contributed by atoms with Crippen LogP contribution < -0.4 is 10.6 Å². The molecule has 0 radical (unpaired) electrons. The van der Waals surface area contributed by atoms with E-state index in [9.17, 15) is 32.9 Å². The number of halogens is 4. The molecule has 0 aliphatic rings. The first-order chi connectivity index (χ1) is 14.4. The highest BCUT2D eigenvalue weighted by atomic mass is 35.5. The van der Waals surface area contributed by atoms with Crippen molar-refractivity contribution < 1.29 is 32.4 Å². The molecule has 0 bridgehead atoms. The van der Waals surface area contributed by atoms with E-state index < -0.39 is 34.6 Å². The summed E-state index contributed by atoms with van der Waals surface area (Å²) >= 11 is 5.82. The van der Waals surface area contributed by atoms with Gasteiger partial charge in [0.05, 0.1) is 26.8 Å². The van der Waals surface area contributed by atoms with Crippen LogP contribution in [-0.2, 0) is 15.7 Å². The lowest BCUT2D eigenvalue weighted by atomic mass is 10.1. The molecule has 0 aliphatic heterocycles. The maximum absolute atomic E-state index is 12.8. The maximum Gasteiger partial charge on any atom is 0.416 e. The third-order valence-electron chi connectivity index (χ3n) is 4.00. The van der Waals surface area contributed by atoms with Crippen molar-refractivity contribution in [2.24, 2.45) is 0 Å². The standard InChI is InChI=1S/C19H17ClF3N3O5/c1-3-24-14-7-4-11(8-16(14)26(29)30)18(28)31-10(2)17(27)25-15-9-12(19(21,22)23)5-6-13(15)20/h4-10,24H,3H2,1-2H3,(H,25,27)/t10-/m0/s1. The fourth-order valence-corrected chi connectivity index (χ4v) is 2.63. The van der Waals surface area contributed by atoms with Crippen molar-refractivity contribution in [1.29, 1.82) is 0 Å². The molecule has 0 spiro atoms. The summed E-state index contributed by atoms with van der Waals surface area (Å²) in [6.45, 7) is 3.35. The molecule has 0 unspecified atom stereocenters. The zero-order valence-electron chi connectivity index (χ0n) is 16.2. The minimum atomic E-state index is -4.64.